The standard InChI is InChI=1S/C9H12N2O3S/c12-5-8-10-7(6-15-8)9(13)11-1-3-14-4-2-11/h6,12H,1-5H2. The van der Waals surface area contributed by atoms with Crippen LogP contribution in [-0.4, -0.2) is 47.2 Å². The number of aliphatic hydroxyl groups excluding tert-OH is 1. The summed E-state index contributed by atoms with van der Waals surface area (Å²) < 4.78 is 5.16. The second-order valence-electron chi connectivity index (χ2n) is 3.19. The summed E-state index contributed by atoms with van der Waals surface area (Å²) in [6.07, 6.45) is 0. The summed E-state index contributed by atoms with van der Waals surface area (Å²) in [5, 5.41) is 11.1. The van der Waals surface area contributed by atoms with Crippen molar-refractivity contribution in [2.75, 3.05) is 26.3 Å². The lowest BCUT2D eigenvalue weighted by atomic mass is 10.3. The van der Waals surface area contributed by atoms with E-state index in [2.05, 4.69) is 4.98 Å². The van der Waals surface area contributed by atoms with E-state index in [1.165, 1.54) is 11.3 Å². The summed E-state index contributed by atoms with van der Waals surface area (Å²) >= 11 is 1.30. The molecule has 0 saturated carbocycles. The van der Waals surface area contributed by atoms with Crippen molar-refractivity contribution < 1.29 is 14.6 Å². The Bertz CT molecular complexity index is 347. The van der Waals surface area contributed by atoms with E-state index in [-0.39, 0.29) is 12.5 Å². The predicted molar refractivity (Wildman–Crippen MR) is 54.8 cm³/mol. The fourth-order valence-electron chi connectivity index (χ4n) is 1.41. The smallest absolute Gasteiger partial charge is 0.273 e. The first kappa shape index (κ1) is 10.5. The number of rotatable bonds is 2. The number of hydrogen-bond donors (Lipinski definition) is 1. The number of nitrogens with zero attached hydrogens (tertiary/aromatic N) is 2. The summed E-state index contributed by atoms with van der Waals surface area (Å²) in [6.45, 7) is 2.29. The van der Waals surface area contributed by atoms with Crippen LogP contribution in [0, 0.1) is 0 Å². The fourth-order valence-corrected chi connectivity index (χ4v) is 2.04. The molecular formula is C9H12N2O3S. The minimum absolute atomic E-state index is 0.0748. The molecule has 0 aliphatic carbocycles. The Labute approximate surface area is 91.3 Å². The van der Waals surface area contributed by atoms with Gasteiger partial charge < -0.3 is 14.7 Å². The summed E-state index contributed by atoms with van der Waals surface area (Å²) in [6, 6.07) is 0. The van der Waals surface area contributed by atoms with Crippen LogP contribution >= 0.6 is 11.3 Å². The predicted octanol–water partition coefficient (Wildman–Crippen LogP) is 0.108. The third-order valence-corrected chi connectivity index (χ3v) is 3.04. The Hall–Kier alpha value is -0.980. The van der Waals surface area contributed by atoms with E-state index in [1.54, 1.807) is 10.3 Å². The monoisotopic (exact) mass is 228 g/mol. The highest BCUT2D eigenvalue weighted by Gasteiger charge is 2.20. The van der Waals surface area contributed by atoms with Gasteiger partial charge in [0, 0.05) is 18.5 Å². The molecule has 1 aromatic heterocycles. The number of thiazole rings is 1. The SMILES string of the molecule is O=C(c1csc(CO)n1)N1CCOCC1. The zero-order chi connectivity index (χ0) is 10.7. The summed E-state index contributed by atoms with van der Waals surface area (Å²) in [5.74, 6) is -0.0748. The first-order valence-electron chi connectivity index (χ1n) is 4.73. The highest BCUT2D eigenvalue weighted by atomic mass is 32.1. The van der Waals surface area contributed by atoms with Crippen molar-refractivity contribution in [1.82, 2.24) is 9.88 Å². The number of amides is 1. The highest BCUT2D eigenvalue weighted by molar-refractivity contribution is 7.09. The van der Waals surface area contributed by atoms with Crippen LogP contribution in [0.2, 0.25) is 0 Å². The van der Waals surface area contributed by atoms with Crippen LogP contribution in [0.25, 0.3) is 0 Å². The maximum absolute atomic E-state index is 11.9. The van der Waals surface area contributed by atoms with Gasteiger partial charge in [-0.05, 0) is 0 Å². The van der Waals surface area contributed by atoms with Crippen LogP contribution in [-0.2, 0) is 11.3 Å². The topological polar surface area (TPSA) is 62.7 Å². The quantitative estimate of drug-likeness (QED) is 0.780. The molecule has 2 rings (SSSR count). The van der Waals surface area contributed by atoms with E-state index in [0.29, 0.717) is 37.0 Å². The van der Waals surface area contributed by atoms with Gasteiger partial charge in [0.05, 0.1) is 19.8 Å². The molecular weight excluding hydrogens is 216 g/mol. The average molecular weight is 228 g/mol. The number of aliphatic hydroxyl groups is 1. The van der Waals surface area contributed by atoms with Gasteiger partial charge in [-0.15, -0.1) is 11.3 Å². The van der Waals surface area contributed by atoms with Crippen LogP contribution in [0.15, 0.2) is 5.38 Å². The number of carbonyl (C=O) groups excluding carboxylic acids is 1. The van der Waals surface area contributed by atoms with Crippen LogP contribution in [0.5, 0.6) is 0 Å². The van der Waals surface area contributed by atoms with Gasteiger partial charge in [0.1, 0.15) is 10.7 Å². The molecule has 0 aromatic carbocycles. The molecule has 1 aromatic rings. The summed E-state index contributed by atoms with van der Waals surface area (Å²) in [7, 11) is 0. The van der Waals surface area contributed by atoms with E-state index >= 15 is 0 Å². The molecule has 1 aliphatic heterocycles. The van der Waals surface area contributed by atoms with Crippen LogP contribution in [0.1, 0.15) is 15.5 Å². The van der Waals surface area contributed by atoms with Gasteiger partial charge in [-0.3, -0.25) is 4.79 Å². The van der Waals surface area contributed by atoms with E-state index in [1.807, 2.05) is 0 Å². The number of carbonyl (C=O) groups is 1. The van der Waals surface area contributed by atoms with E-state index in [9.17, 15) is 4.79 Å². The highest BCUT2D eigenvalue weighted by Crippen LogP contribution is 2.12. The minimum atomic E-state index is -0.110. The maximum Gasteiger partial charge on any atom is 0.273 e. The zero-order valence-electron chi connectivity index (χ0n) is 8.18. The van der Waals surface area contributed by atoms with E-state index < -0.39 is 0 Å². The molecule has 0 unspecified atom stereocenters. The molecule has 5 nitrogen and oxygen atoms in total. The van der Waals surface area contributed by atoms with Crippen molar-refractivity contribution >= 4 is 17.2 Å². The Kier molecular flexibility index (Phi) is 3.30. The molecule has 0 bridgehead atoms. The first-order valence-corrected chi connectivity index (χ1v) is 5.61. The number of morpholine rings is 1. The summed E-state index contributed by atoms with van der Waals surface area (Å²) in [5.41, 5.74) is 0.422. The molecule has 0 radical (unpaired) electrons. The lowest BCUT2D eigenvalue weighted by Crippen LogP contribution is -2.40. The van der Waals surface area contributed by atoms with Gasteiger partial charge in [0.15, 0.2) is 0 Å². The molecule has 1 saturated heterocycles. The Balaban J connectivity index is 2.05. The number of aromatic nitrogens is 1. The molecule has 0 spiro atoms. The van der Waals surface area contributed by atoms with Crippen LogP contribution in [0.3, 0.4) is 0 Å². The maximum atomic E-state index is 11.9. The van der Waals surface area contributed by atoms with Gasteiger partial charge in [0.25, 0.3) is 5.91 Å². The van der Waals surface area contributed by atoms with Gasteiger partial charge in [-0.1, -0.05) is 0 Å². The second-order valence-corrected chi connectivity index (χ2v) is 4.13. The average Bonchev–Trinajstić information content (AvgIpc) is 2.78. The summed E-state index contributed by atoms with van der Waals surface area (Å²) in [4.78, 5) is 17.6. The lowest BCUT2D eigenvalue weighted by molar-refractivity contribution is 0.0299. The Morgan fingerprint density at radius 1 is 1.60 bits per heavy atom. The first-order chi connectivity index (χ1) is 7.31. The second kappa shape index (κ2) is 4.69. The Morgan fingerprint density at radius 2 is 2.33 bits per heavy atom. The van der Waals surface area contributed by atoms with Gasteiger partial charge in [-0.25, -0.2) is 4.98 Å². The van der Waals surface area contributed by atoms with Crippen molar-refractivity contribution in [3.05, 3.63) is 16.1 Å². The molecule has 82 valence electrons. The van der Waals surface area contributed by atoms with E-state index in [4.69, 9.17) is 9.84 Å². The molecule has 1 fully saturated rings. The van der Waals surface area contributed by atoms with Gasteiger partial charge >= 0.3 is 0 Å². The third kappa shape index (κ3) is 2.34. The molecule has 6 heteroatoms. The van der Waals surface area contributed by atoms with Crippen molar-refractivity contribution in [3.63, 3.8) is 0 Å². The van der Waals surface area contributed by atoms with Crippen LogP contribution in [0.4, 0.5) is 0 Å². The molecule has 0 atom stereocenters. The van der Waals surface area contributed by atoms with Gasteiger partial charge in [0.2, 0.25) is 0 Å². The van der Waals surface area contributed by atoms with Crippen molar-refractivity contribution in [3.8, 4) is 0 Å². The largest absolute Gasteiger partial charge is 0.389 e. The zero-order valence-corrected chi connectivity index (χ0v) is 9.00. The molecule has 1 amide bonds. The van der Waals surface area contributed by atoms with Crippen molar-refractivity contribution in [2.24, 2.45) is 0 Å². The van der Waals surface area contributed by atoms with Crippen molar-refractivity contribution in [1.29, 1.82) is 0 Å². The molecule has 1 aliphatic rings. The lowest BCUT2D eigenvalue weighted by Gasteiger charge is -2.25. The van der Waals surface area contributed by atoms with Crippen molar-refractivity contribution in [2.45, 2.75) is 6.61 Å². The number of ether oxygens (including phenoxy) is 1. The Morgan fingerprint density at radius 3 is 2.93 bits per heavy atom. The fraction of sp³-hybridized carbons (Fsp3) is 0.556. The molecule has 2 heterocycles. The van der Waals surface area contributed by atoms with E-state index in [0.717, 1.165) is 0 Å². The molecule has 1 N–H and O–H groups in total. The van der Waals surface area contributed by atoms with Crippen LogP contribution < -0.4 is 0 Å². The minimum Gasteiger partial charge on any atom is -0.389 e. The molecule has 15 heavy (non-hydrogen) atoms. The third-order valence-electron chi connectivity index (χ3n) is 2.20. The van der Waals surface area contributed by atoms with Gasteiger partial charge in [-0.2, -0.15) is 0 Å². The normalized spacial score (nSPS) is 16.7. The number of hydrogen-bond acceptors (Lipinski definition) is 5.